The van der Waals surface area contributed by atoms with Crippen LogP contribution in [0.2, 0.25) is 5.02 Å². The number of benzene rings is 1. The number of pyridine rings is 1. The van der Waals surface area contributed by atoms with Crippen LogP contribution < -0.4 is 5.43 Å². The number of hydrogen-bond acceptors (Lipinski definition) is 5. The summed E-state index contributed by atoms with van der Waals surface area (Å²) in [4.78, 5) is 4.29. The van der Waals surface area contributed by atoms with E-state index in [1.807, 2.05) is 25.1 Å². The van der Waals surface area contributed by atoms with Crippen molar-refractivity contribution < 1.29 is 8.42 Å². The first-order valence-corrected chi connectivity index (χ1v) is 9.72. The number of anilines is 1. The Bertz CT molecular complexity index is 847. The summed E-state index contributed by atoms with van der Waals surface area (Å²) in [6, 6.07) is 10.5. The van der Waals surface area contributed by atoms with Crippen molar-refractivity contribution in [3.63, 3.8) is 0 Å². The summed E-state index contributed by atoms with van der Waals surface area (Å²) in [5, 5.41) is 4.89. The molecule has 0 unspecified atom stereocenters. The third kappa shape index (κ3) is 4.78. The van der Waals surface area contributed by atoms with Crippen LogP contribution >= 0.6 is 11.6 Å². The molecule has 2 rings (SSSR count). The van der Waals surface area contributed by atoms with Gasteiger partial charge in [0.1, 0.15) is 10.7 Å². The summed E-state index contributed by atoms with van der Waals surface area (Å²) < 4.78 is 26.2. The highest BCUT2D eigenvalue weighted by atomic mass is 35.5. The second kappa shape index (κ2) is 8.42. The van der Waals surface area contributed by atoms with Gasteiger partial charge in [-0.2, -0.15) is 9.41 Å². The summed E-state index contributed by atoms with van der Waals surface area (Å²) in [7, 11) is -3.50. The maximum absolute atomic E-state index is 12.4. The van der Waals surface area contributed by atoms with E-state index >= 15 is 0 Å². The van der Waals surface area contributed by atoms with Gasteiger partial charge in [-0.05, 0) is 36.8 Å². The van der Waals surface area contributed by atoms with Crippen LogP contribution in [0.1, 0.15) is 26.3 Å². The first kappa shape index (κ1) is 19.4. The van der Waals surface area contributed by atoms with Crippen molar-refractivity contribution in [3.05, 3.63) is 53.2 Å². The number of halogens is 1. The maximum atomic E-state index is 12.4. The summed E-state index contributed by atoms with van der Waals surface area (Å²) >= 11 is 5.97. The van der Waals surface area contributed by atoms with Crippen LogP contribution in [-0.4, -0.2) is 36.5 Å². The molecule has 0 atom stereocenters. The molecule has 1 heterocycles. The maximum Gasteiger partial charge on any atom is 0.244 e. The van der Waals surface area contributed by atoms with Gasteiger partial charge in [-0.15, -0.1) is 0 Å². The van der Waals surface area contributed by atoms with Crippen LogP contribution in [0, 0.1) is 0 Å². The molecule has 8 heteroatoms. The zero-order chi connectivity index (χ0) is 18.4. The molecule has 0 fully saturated rings. The fourth-order valence-corrected chi connectivity index (χ4v) is 3.83. The molecule has 1 aromatic carbocycles. The molecule has 1 N–H and O–H groups in total. The van der Waals surface area contributed by atoms with Gasteiger partial charge < -0.3 is 0 Å². The lowest BCUT2D eigenvalue weighted by Gasteiger charge is -2.18. The van der Waals surface area contributed by atoms with Crippen molar-refractivity contribution in [2.45, 2.75) is 25.7 Å². The molecule has 134 valence electrons. The van der Waals surface area contributed by atoms with Crippen LogP contribution in [0.5, 0.6) is 0 Å². The predicted octanol–water partition coefficient (Wildman–Crippen LogP) is 3.60. The zero-order valence-electron chi connectivity index (χ0n) is 14.4. The molecule has 0 aliphatic heterocycles. The van der Waals surface area contributed by atoms with E-state index in [4.69, 9.17) is 11.6 Å². The Hall–Kier alpha value is -1.96. The SMILES string of the molecule is CCN(CC)S(=O)(=O)c1ccc(N/N=C(/C)c2cccc(Cl)c2)nc1. The highest BCUT2D eigenvalue weighted by Gasteiger charge is 2.21. The van der Waals surface area contributed by atoms with Crippen molar-refractivity contribution >= 4 is 33.2 Å². The molecule has 0 saturated heterocycles. The monoisotopic (exact) mass is 380 g/mol. The van der Waals surface area contributed by atoms with Gasteiger partial charge >= 0.3 is 0 Å². The van der Waals surface area contributed by atoms with E-state index in [1.54, 1.807) is 26.0 Å². The highest BCUT2D eigenvalue weighted by molar-refractivity contribution is 7.89. The first-order valence-electron chi connectivity index (χ1n) is 7.91. The van der Waals surface area contributed by atoms with Crippen LogP contribution in [0.4, 0.5) is 5.82 Å². The Balaban J connectivity index is 2.14. The van der Waals surface area contributed by atoms with Gasteiger partial charge in [0, 0.05) is 24.3 Å². The van der Waals surface area contributed by atoms with E-state index in [2.05, 4.69) is 15.5 Å². The van der Waals surface area contributed by atoms with Crippen LogP contribution in [0.25, 0.3) is 0 Å². The van der Waals surface area contributed by atoms with Gasteiger partial charge in [0.15, 0.2) is 0 Å². The van der Waals surface area contributed by atoms with E-state index in [0.717, 1.165) is 11.3 Å². The largest absolute Gasteiger partial charge is 0.261 e. The zero-order valence-corrected chi connectivity index (χ0v) is 16.0. The summed E-state index contributed by atoms with van der Waals surface area (Å²) in [5.41, 5.74) is 4.45. The Morgan fingerprint density at radius 3 is 2.52 bits per heavy atom. The van der Waals surface area contributed by atoms with Crippen molar-refractivity contribution in [2.24, 2.45) is 5.10 Å². The number of rotatable bonds is 7. The van der Waals surface area contributed by atoms with E-state index in [-0.39, 0.29) is 4.90 Å². The lowest BCUT2D eigenvalue weighted by molar-refractivity contribution is 0.445. The molecule has 2 aromatic rings. The number of nitrogens with zero attached hydrogens (tertiary/aromatic N) is 3. The Morgan fingerprint density at radius 1 is 1.24 bits per heavy atom. The average molecular weight is 381 g/mol. The van der Waals surface area contributed by atoms with E-state index < -0.39 is 10.0 Å². The van der Waals surface area contributed by atoms with Crippen LogP contribution in [0.3, 0.4) is 0 Å². The average Bonchev–Trinajstić information content (AvgIpc) is 2.61. The van der Waals surface area contributed by atoms with Gasteiger partial charge in [0.25, 0.3) is 0 Å². The van der Waals surface area contributed by atoms with E-state index in [1.165, 1.54) is 16.6 Å². The van der Waals surface area contributed by atoms with Crippen LogP contribution in [-0.2, 0) is 10.0 Å². The third-order valence-electron chi connectivity index (χ3n) is 3.66. The lowest BCUT2D eigenvalue weighted by Crippen LogP contribution is -2.30. The van der Waals surface area contributed by atoms with E-state index in [9.17, 15) is 8.42 Å². The minimum absolute atomic E-state index is 0.164. The summed E-state index contributed by atoms with van der Waals surface area (Å²) in [6.07, 6.45) is 1.33. The van der Waals surface area contributed by atoms with Crippen molar-refractivity contribution in [1.29, 1.82) is 0 Å². The van der Waals surface area contributed by atoms with Gasteiger partial charge in [-0.25, -0.2) is 13.4 Å². The quantitative estimate of drug-likeness (QED) is 0.588. The molecular weight excluding hydrogens is 360 g/mol. The van der Waals surface area contributed by atoms with E-state index in [0.29, 0.717) is 23.9 Å². The fraction of sp³-hybridized carbons (Fsp3) is 0.294. The molecule has 25 heavy (non-hydrogen) atoms. The normalized spacial score (nSPS) is 12.4. The Morgan fingerprint density at radius 2 is 1.96 bits per heavy atom. The molecule has 0 saturated carbocycles. The second-order valence-corrected chi connectivity index (χ2v) is 7.66. The molecule has 0 bridgehead atoms. The minimum Gasteiger partial charge on any atom is -0.261 e. The topological polar surface area (TPSA) is 74.7 Å². The number of nitrogens with one attached hydrogen (secondary N) is 1. The molecule has 0 spiro atoms. The molecule has 0 aliphatic rings. The molecule has 0 aliphatic carbocycles. The van der Waals surface area contributed by atoms with Crippen molar-refractivity contribution in [3.8, 4) is 0 Å². The Kier molecular flexibility index (Phi) is 6.52. The molecule has 1 aromatic heterocycles. The Labute approximate surface area is 153 Å². The van der Waals surface area contributed by atoms with Gasteiger partial charge in [-0.1, -0.05) is 37.6 Å². The highest BCUT2D eigenvalue weighted by Crippen LogP contribution is 2.16. The van der Waals surface area contributed by atoms with Crippen molar-refractivity contribution in [1.82, 2.24) is 9.29 Å². The fourth-order valence-electron chi connectivity index (χ4n) is 2.23. The number of hydrogen-bond donors (Lipinski definition) is 1. The standard InChI is InChI=1S/C17H21ClN4O2S/c1-4-22(5-2)25(23,24)16-9-10-17(19-12-16)21-20-13(3)14-7-6-8-15(18)11-14/h6-12H,4-5H2,1-3H3,(H,19,21)/b20-13-. The molecular formula is C17H21ClN4O2S. The van der Waals surface area contributed by atoms with Crippen molar-refractivity contribution in [2.75, 3.05) is 18.5 Å². The smallest absolute Gasteiger partial charge is 0.244 e. The molecule has 0 amide bonds. The van der Waals surface area contributed by atoms with Crippen LogP contribution in [0.15, 0.2) is 52.6 Å². The first-order chi connectivity index (χ1) is 11.9. The predicted molar refractivity (Wildman–Crippen MR) is 102 cm³/mol. The number of hydrazone groups is 1. The molecule has 0 radical (unpaired) electrons. The molecule has 6 nitrogen and oxygen atoms in total. The number of sulfonamides is 1. The lowest BCUT2D eigenvalue weighted by atomic mass is 10.1. The third-order valence-corrected chi connectivity index (χ3v) is 5.93. The van der Waals surface area contributed by atoms with Gasteiger partial charge in [-0.3, -0.25) is 5.43 Å². The number of aromatic nitrogens is 1. The van der Waals surface area contributed by atoms with Gasteiger partial charge in [0.2, 0.25) is 10.0 Å². The summed E-state index contributed by atoms with van der Waals surface area (Å²) in [5.74, 6) is 0.458. The summed E-state index contributed by atoms with van der Waals surface area (Å²) in [6.45, 7) is 6.29. The second-order valence-electron chi connectivity index (χ2n) is 5.29. The minimum atomic E-state index is -3.50. The van der Waals surface area contributed by atoms with Gasteiger partial charge in [0.05, 0.1) is 5.71 Å².